The molecular weight excluding hydrogens is 356 g/mol. The van der Waals surface area contributed by atoms with Gasteiger partial charge in [0.25, 0.3) is 0 Å². The number of halogens is 1. The summed E-state index contributed by atoms with van der Waals surface area (Å²) in [7, 11) is 0. The average molecular weight is 387 g/mol. The third-order valence-corrected chi connectivity index (χ3v) is 5.25. The first-order valence-corrected chi connectivity index (χ1v) is 9.85. The molecule has 3 rings (SSSR count). The van der Waals surface area contributed by atoms with Gasteiger partial charge in [0.15, 0.2) is 0 Å². The summed E-state index contributed by atoms with van der Waals surface area (Å²) in [6.45, 7) is 3.02. The third kappa shape index (κ3) is 7.74. The van der Waals surface area contributed by atoms with Crippen LogP contribution in [0.4, 0.5) is 0 Å². The highest BCUT2D eigenvalue weighted by molar-refractivity contribution is 5.85. The van der Waals surface area contributed by atoms with E-state index in [2.05, 4.69) is 59.2 Å². The Morgan fingerprint density at radius 3 is 2.11 bits per heavy atom. The quantitative estimate of drug-likeness (QED) is 0.683. The van der Waals surface area contributed by atoms with Crippen molar-refractivity contribution in [1.82, 2.24) is 10.6 Å². The summed E-state index contributed by atoms with van der Waals surface area (Å²) >= 11 is 0. The van der Waals surface area contributed by atoms with E-state index in [0.29, 0.717) is 12.3 Å². The van der Waals surface area contributed by atoms with Crippen molar-refractivity contribution in [3.8, 4) is 0 Å². The zero-order chi connectivity index (χ0) is 18.0. The van der Waals surface area contributed by atoms with Crippen LogP contribution in [0.1, 0.15) is 30.4 Å². The van der Waals surface area contributed by atoms with E-state index < -0.39 is 0 Å². The molecule has 146 valence electrons. The molecule has 1 atom stereocenters. The van der Waals surface area contributed by atoms with E-state index in [0.717, 1.165) is 44.8 Å². The summed E-state index contributed by atoms with van der Waals surface area (Å²) in [5.74, 6) is 1.24. The Bertz CT molecular complexity index is 615. The highest BCUT2D eigenvalue weighted by Crippen LogP contribution is 2.18. The van der Waals surface area contributed by atoms with Crippen LogP contribution < -0.4 is 10.6 Å². The fourth-order valence-electron chi connectivity index (χ4n) is 3.82. The molecule has 1 aliphatic heterocycles. The number of hydrogen-bond acceptors (Lipinski definition) is 2. The molecule has 1 unspecified atom stereocenters. The van der Waals surface area contributed by atoms with Crippen molar-refractivity contribution in [2.75, 3.05) is 19.6 Å². The average Bonchev–Trinajstić information content (AvgIpc) is 3.17. The molecule has 2 aromatic rings. The number of carbonyl (C=O) groups excluding carboxylic acids is 1. The fourth-order valence-corrected chi connectivity index (χ4v) is 3.82. The second-order valence-corrected chi connectivity index (χ2v) is 7.45. The van der Waals surface area contributed by atoms with Gasteiger partial charge in [-0.3, -0.25) is 4.79 Å². The molecule has 1 fully saturated rings. The smallest absolute Gasteiger partial charge is 0.220 e. The molecule has 0 bridgehead atoms. The summed E-state index contributed by atoms with van der Waals surface area (Å²) < 4.78 is 0. The summed E-state index contributed by atoms with van der Waals surface area (Å²) in [6.07, 6.45) is 4.79. The molecule has 2 N–H and O–H groups in total. The van der Waals surface area contributed by atoms with E-state index in [1.165, 1.54) is 17.5 Å². The molecule has 0 spiro atoms. The predicted octanol–water partition coefficient (Wildman–Crippen LogP) is 4.02. The van der Waals surface area contributed by atoms with E-state index in [4.69, 9.17) is 0 Å². The van der Waals surface area contributed by atoms with Crippen LogP contribution in [-0.2, 0) is 17.6 Å². The lowest BCUT2D eigenvalue weighted by molar-refractivity contribution is -0.122. The number of hydrogen-bond donors (Lipinski definition) is 2. The SMILES string of the molecule is Cl.O=C(CC(Cc1ccccc1)Cc1ccccc1)NCCC1CCNC1. The Kier molecular flexibility index (Phi) is 9.37. The van der Waals surface area contributed by atoms with Gasteiger partial charge in [-0.25, -0.2) is 0 Å². The fraction of sp³-hybridized carbons (Fsp3) is 0.435. The molecule has 2 aromatic carbocycles. The second kappa shape index (κ2) is 11.8. The van der Waals surface area contributed by atoms with Gasteiger partial charge >= 0.3 is 0 Å². The second-order valence-electron chi connectivity index (χ2n) is 7.45. The van der Waals surface area contributed by atoms with Gasteiger partial charge in [-0.1, -0.05) is 60.7 Å². The van der Waals surface area contributed by atoms with Crippen molar-refractivity contribution in [3.63, 3.8) is 0 Å². The lowest BCUT2D eigenvalue weighted by Gasteiger charge is -2.18. The standard InChI is InChI=1S/C23H30N2O.ClH/c26-23(25-14-12-21-11-13-24-18-21)17-22(15-19-7-3-1-4-8-19)16-20-9-5-2-6-10-20;/h1-10,21-22,24H,11-18H2,(H,25,26);1H. The van der Waals surface area contributed by atoms with Crippen LogP contribution in [0.15, 0.2) is 60.7 Å². The molecule has 1 amide bonds. The maximum Gasteiger partial charge on any atom is 0.220 e. The van der Waals surface area contributed by atoms with Gasteiger partial charge in [0.05, 0.1) is 0 Å². The largest absolute Gasteiger partial charge is 0.356 e. The van der Waals surface area contributed by atoms with Crippen LogP contribution in [0.25, 0.3) is 0 Å². The molecule has 4 heteroatoms. The maximum atomic E-state index is 12.5. The van der Waals surface area contributed by atoms with Crippen LogP contribution in [0.2, 0.25) is 0 Å². The minimum atomic E-state index is 0. The molecule has 1 aliphatic rings. The predicted molar refractivity (Wildman–Crippen MR) is 114 cm³/mol. The van der Waals surface area contributed by atoms with Crippen molar-refractivity contribution in [2.45, 2.75) is 32.1 Å². The topological polar surface area (TPSA) is 41.1 Å². The molecule has 0 aromatic heterocycles. The van der Waals surface area contributed by atoms with Gasteiger partial charge in [-0.2, -0.15) is 0 Å². The van der Waals surface area contributed by atoms with Crippen LogP contribution in [0.5, 0.6) is 0 Å². The van der Waals surface area contributed by atoms with Gasteiger partial charge in [0.1, 0.15) is 0 Å². The Hall–Kier alpha value is -1.84. The first-order valence-electron chi connectivity index (χ1n) is 9.85. The first kappa shape index (κ1) is 21.5. The van der Waals surface area contributed by atoms with Crippen molar-refractivity contribution < 1.29 is 4.79 Å². The van der Waals surface area contributed by atoms with Gasteiger partial charge in [-0.05, 0) is 61.7 Å². The van der Waals surface area contributed by atoms with Gasteiger partial charge in [-0.15, -0.1) is 12.4 Å². The summed E-state index contributed by atoms with van der Waals surface area (Å²) in [6, 6.07) is 21.0. The molecule has 27 heavy (non-hydrogen) atoms. The normalized spacial score (nSPS) is 16.1. The van der Waals surface area contributed by atoms with Gasteiger partial charge in [0.2, 0.25) is 5.91 Å². The Balaban J connectivity index is 0.00000261. The third-order valence-electron chi connectivity index (χ3n) is 5.25. The number of nitrogens with one attached hydrogen (secondary N) is 2. The number of benzene rings is 2. The lowest BCUT2D eigenvalue weighted by Crippen LogP contribution is -2.29. The molecule has 0 radical (unpaired) electrons. The highest BCUT2D eigenvalue weighted by atomic mass is 35.5. The molecule has 3 nitrogen and oxygen atoms in total. The van der Waals surface area contributed by atoms with E-state index >= 15 is 0 Å². The molecule has 1 heterocycles. The van der Waals surface area contributed by atoms with E-state index in [1.54, 1.807) is 0 Å². The molecule has 0 aliphatic carbocycles. The van der Waals surface area contributed by atoms with Gasteiger partial charge < -0.3 is 10.6 Å². The minimum absolute atomic E-state index is 0. The maximum absolute atomic E-state index is 12.5. The van der Waals surface area contributed by atoms with Crippen molar-refractivity contribution in [1.29, 1.82) is 0 Å². The number of amides is 1. The summed E-state index contributed by atoms with van der Waals surface area (Å²) in [4.78, 5) is 12.5. The Morgan fingerprint density at radius 2 is 1.59 bits per heavy atom. The number of carbonyl (C=O) groups is 1. The minimum Gasteiger partial charge on any atom is -0.356 e. The highest BCUT2D eigenvalue weighted by Gasteiger charge is 2.17. The van der Waals surface area contributed by atoms with E-state index in [9.17, 15) is 4.79 Å². The van der Waals surface area contributed by atoms with Crippen LogP contribution in [-0.4, -0.2) is 25.5 Å². The molecular formula is C23H31ClN2O. The monoisotopic (exact) mass is 386 g/mol. The molecule has 1 saturated heterocycles. The Morgan fingerprint density at radius 1 is 1.00 bits per heavy atom. The van der Waals surface area contributed by atoms with Crippen LogP contribution in [0, 0.1) is 11.8 Å². The molecule has 0 saturated carbocycles. The van der Waals surface area contributed by atoms with E-state index in [1.807, 2.05) is 12.1 Å². The zero-order valence-electron chi connectivity index (χ0n) is 15.9. The van der Waals surface area contributed by atoms with Crippen molar-refractivity contribution >= 4 is 18.3 Å². The van der Waals surface area contributed by atoms with Crippen molar-refractivity contribution in [3.05, 3.63) is 71.8 Å². The van der Waals surface area contributed by atoms with Gasteiger partial charge in [0, 0.05) is 13.0 Å². The van der Waals surface area contributed by atoms with Crippen LogP contribution in [0.3, 0.4) is 0 Å². The lowest BCUT2D eigenvalue weighted by atomic mass is 9.89. The number of rotatable bonds is 9. The first-order chi connectivity index (χ1) is 12.8. The zero-order valence-corrected chi connectivity index (χ0v) is 16.7. The Labute approximate surface area is 169 Å². The van der Waals surface area contributed by atoms with Crippen LogP contribution >= 0.6 is 12.4 Å². The summed E-state index contributed by atoms with van der Waals surface area (Å²) in [5, 5.41) is 6.53. The van der Waals surface area contributed by atoms with E-state index in [-0.39, 0.29) is 18.3 Å². The summed E-state index contributed by atoms with van der Waals surface area (Å²) in [5.41, 5.74) is 2.61. The van der Waals surface area contributed by atoms with Crippen molar-refractivity contribution in [2.24, 2.45) is 11.8 Å².